The molecule has 1 aliphatic rings. The molecule has 0 aliphatic carbocycles. The van der Waals surface area contributed by atoms with Crippen molar-refractivity contribution in [2.24, 2.45) is 7.05 Å². The number of rotatable bonds is 2. The molecular formula is C12H17N5O. The molecule has 0 radical (unpaired) electrons. The highest BCUT2D eigenvalue weighted by molar-refractivity contribution is 5.54. The molecule has 0 saturated carbocycles. The number of nitrogens with one attached hydrogen (secondary N) is 1. The molecule has 0 unspecified atom stereocenters. The Morgan fingerprint density at radius 1 is 1.39 bits per heavy atom. The van der Waals surface area contributed by atoms with Gasteiger partial charge in [0.25, 0.3) is 5.89 Å². The van der Waals surface area contributed by atoms with Crippen LogP contribution in [0.1, 0.15) is 30.3 Å². The SMILES string of the molecule is Cc1nn(C)cc1-c1nc(C2CCNCC2)no1. The number of aryl methyl sites for hydroxylation is 2. The van der Waals surface area contributed by atoms with Crippen molar-refractivity contribution in [1.82, 2.24) is 25.2 Å². The van der Waals surface area contributed by atoms with Crippen molar-refractivity contribution in [3.63, 3.8) is 0 Å². The first-order valence-electron chi connectivity index (χ1n) is 6.29. The summed E-state index contributed by atoms with van der Waals surface area (Å²) < 4.78 is 7.13. The molecule has 6 heteroatoms. The van der Waals surface area contributed by atoms with Crippen LogP contribution >= 0.6 is 0 Å². The minimum absolute atomic E-state index is 0.417. The van der Waals surface area contributed by atoms with Crippen molar-refractivity contribution in [3.8, 4) is 11.5 Å². The van der Waals surface area contributed by atoms with Crippen LogP contribution in [0, 0.1) is 6.92 Å². The lowest BCUT2D eigenvalue weighted by atomic mass is 9.98. The molecule has 18 heavy (non-hydrogen) atoms. The van der Waals surface area contributed by atoms with E-state index in [0.717, 1.165) is 43.0 Å². The molecule has 1 fully saturated rings. The van der Waals surface area contributed by atoms with Crippen LogP contribution in [-0.4, -0.2) is 33.0 Å². The van der Waals surface area contributed by atoms with E-state index in [1.165, 1.54) is 0 Å². The topological polar surface area (TPSA) is 68.8 Å². The van der Waals surface area contributed by atoms with Crippen molar-refractivity contribution in [2.75, 3.05) is 13.1 Å². The Bertz CT molecular complexity index is 538. The van der Waals surface area contributed by atoms with Gasteiger partial charge in [0.2, 0.25) is 0 Å². The van der Waals surface area contributed by atoms with E-state index < -0.39 is 0 Å². The summed E-state index contributed by atoms with van der Waals surface area (Å²) in [5.41, 5.74) is 1.84. The minimum Gasteiger partial charge on any atom is -0.334 e. The summed E-state index contributed by atoms with van der Waals surface area (Å²) >= 11 is 0. The lowest BCUT2D eigenvalue weighted by Crippen LogP contribution is -2.27. The van der Waals surface area contributed by atoms with Gasteiger partial charge in [-0.2, -0.15) is 10.1 Å². The fourth-order valence-electron chi connectivity index (χ4n) is 2.40. The van der Waals surface area contributed by atoms with E-state index in [-0.39, 0.29) is 0 Å². The first-order chi connectivity index (χ1) is 8.74. The normalized spacial score (nSPS) is 17.2. The molecule has 0 atom stereocenters. The number of aromatic nitrogens is 4. The number of hydrogen-bond donors (Lipinski definition) is 1. The van der Waals surface area contributed by atoms with Crippen LogP contribution in [-0.2, 0) is 7.05 Å². The van der Waals surface area contributed by atoms with Gasteiger partial charge in [0, 0.05) is 19.2 Å². The fraction of sp³-hybridized carbons (Fsp3) is 0.583. The molecule has 2 aromatic rings. The molecule has 1 saturated heterocycles. The van der Waals surface area contributed by atoms with Crippen LogP contribution in [0.5, 0.6) is 0 Å². The summed E-state index contributed by atoms with van der Waals surface area (Å²) in [4.78, 5) is 4.52. The van der Waals surface area contributed by atoms with Gasteiger partial charge in [-0.3, -0.25) is 4.68 Å². The van der Waals surface area contributed by atoms with Crippen molar-refractivity contribution in [3.05, 3.63) is 17.7 Å². The number of hydrogen-bond acceptors (Lipinski definition) is 5. The van der Waals surface area contributed by atoms with Crippen molar-refractivity contribution < 1.29 is 4.52 Å². The highest BCUT2D eigenvalue weighted by Crippen LogP contribution is 2.26. The molecule has 3 heterocycles. The summed E-state index contributed by atoms with van der Waals surface area (Å²) in [6, 6.07) is 0. The maximum Gasteiger partial charge on any atom is 0.261 e. The fourth-order valence-corrected chi connectivity index (χ4v) is 2.40. The van der Waals surface area contributed by atoms with Crippen LogP contribution < -0.4 is 5.32 Å². The molecule has 0 bridgehead atoms. The van der Waals surface area contributed by atoms with Gasteiger partial charge in [-0.05, 0) is 32.9 Å². The molecular weight excluding hydrogens is 230 g/mol. The summed E-state index contributed by atoms with van der Waals surface area (Å²) in [6.45, 7) is 4.00. The summed E-state index contributed by atoms with van der Waals surface area (Å²) in [7, 11) is 1.89. The van der Waals surface area contributed by atoms with E-state index in [1.54, 1.807) is 4.68 Å². The van der Waals surface area contributed by atoms with Crippen LogP contribution in [0.25, 0.3) is 11.5 Å². The van der Waals surface area contributed by atoms with Crippen LogP contribution in [0.3, 0.4) is 0 Å². The van der Waals surface area contributed by atoms with Crippen molar-refractivity contribution >= 4 is 0 Å². The zero-order valence-electron chi connectivity index (χ0n) is 10.7. The van der Waals surface area contributed by atoms with Crippen molar-refractivity contribution in [1.29, 1.82) is 0 Å². The lowest BCUT2D eigenvalue weighted by molar-refractivity contribution is 0.392. The molecule has 3 rings (SSSR count). The third kappa shape index (κ3) is 2.03. The maximum absolute atomic E-state index is 5.36. The average molecular weight is 247 g/mol. The zero-order valence-corrected chi connectivity index (χ0v) is 10.7. The van der Waals surface area contributed by atoms with Gasteiger partial charge in [0.15, 0.2) is 5.82 Å². The van der Waals surface area contributed by atoms with Gasteiger partial charge in [-0.25, -0.2) is 0 Å². The largest absolute Gasteiger partial charge is 0.334 e. The first kappa shape index (κ1) is 11.4. The number of piperidine rings is 1. The molecule has 1 N–H and O–H groups in total. The third-order valence-corrected chi connectivity index (χ3v) is 3.39. The van der Waals surface area contributed by atoms with Gasteiger partial charge in [-0.1, -0.05) is 5.16 Å². The van der Waals surface area contributed by atoms with E-state index in [0.29, 0.717) is 11.8 Å². The van der Waals surface area contributed by atoms with Gasteiger partial charge >= 0.3 is 0 Å². The van der Waals surface area contributed by atoms with Gasteiger partial charge in [-0.15, -0.1) is 0 Å². The molecule has 0 amide bonds. The molecule has 2 aromatic heterocycles. The monoisotopic (exact) mass is 247 g/mol. The summed E-state index contributed by atoms with van der Waals surface area (Å²) in [6.07, 6.45) is 4.06. The van der Waals surface area contributed by atoms with Crippen molar-refractivity contribution in [2.45, 2.75) is 25.7 Å². The standard InChI is InChI=1S/C12H17N5O/c1-8-10(7-17(2)15-8)12-14-11(16-18-12)9-3-5-13-6-4-9/h7,9,13H,3-6H2,1-2H3. The Labute approximate surface area is 105 Å². The second kappa shape index (κ2) is 4.53. The van der Waals surface area contributed by atoms with E-state index in [2.05, 4.69) is 20.6 Å². The first-order valence-corrected chi connectivity index (χ1v) is 6.29. The Balaban J connectivity index is 1.86. The third-order valence-electron chi connectivity index (χ3n) is 3.39. The number of nitrogens with zero attached hydrogens (tertiary/aromatic N) is 4. The molecule has 1 aliphatic heterocycles. The Morgan fingerprint density at radius 3 is 2.83 bits per heavy atom. The Morgan fingerprint density at radius 2 is 2.17 bits per heavy atom. The molecule has 0 spiro atoms. The Hall–Kier alpha value is -1.69. The van der Waals surface area contributed by atoms with Gasteiger partial charge in [0.05, 0.1) is 11.3 Å². The zero-order chi connectivity index (χ0) is 12.5. The summed E-state index contributed by atoms with van der Waals surface area (Å²) in [5, 5.41) is 11.7. The predicted molar refractivity (Wildman–Crippen MR) is 66.1 cm³/mol. The highest BCUT2D eigenvalue weighted by atomic mass is 16.5. The van der Waals surface area contributed by atoms with Crippen LogP contribution in [0.2, 0.25) is 0 Å². The summed E-state index contributed by atoms with van der Waals surface area (Å²) in [5.74, 6) is 1.82. The smallest absolute Gasteiger partial charge is 0.261 e. The van der Waals surface area contributed by atoms with E-state index in [4.69, 9.17) is 4.52 Å². The quantitative estimate of drug-likeness (QED) is 0.864. The predicted octanol–water partition coefficient (Wildman–Crippen LogP) is 1.25. The molecule has 96 valence electrons. The van der Waals surface area contributed by atoms with Gasteiger partial charge in [0.1, 0.15) is 0 Å². The van der Waals surface area contributed by atoms with E-state index in [1.807, 2.05) is 20.2 Å². The van der Waals surface area contributed by atoms with E-state index in [9.17, 15) is 0 Å². The second-order valence-electron chi connectivity index (χ2n) is 4.78. The van der Waals surface area contributed by atoms with E-state index >= 15 is 0 Å². The maximum atomic E-state index is 5.36. The van der Waals surface area contributed by atoms with Gasteiger partial charge < -0.3 is 9.84 Å². The second-order valence-corrected chi connectivity index (χ2v) is 4.78. The lowest BCUT2D eigenvalue weighted by Gasteiger charge is -2.18. The highest BCUT2D eigenvalue weighted by Gasteiger charge is 2.22. The molecule has 0 aromatic carbocycles. The van der Waals surface area contributed by atoms with Crippen LogP contribution in [0.15, 0.2) is 10.7 Å². The van der Waals surface area contributed by atoms with Crippen LogP contribution in [0.4, 0.5) is 0 Å². The molecule has 6 nitrogen and oxygen atoms in total. The minimum atomic E-state index is 0.417. The Kier molecular flexibility index (Phi) is 2.87. The average Bonchev–Trinajstić information content (AvgIpc) is 2.97.